The van der Waals surface area contributed by atoms with Crippen molar-refractivity contribution in [2.75, 3.05) is 12.4 Å². The van der Waals surface area contributed by atoms with Crippen molar-refractivity contribution in [3.63, 3.8) is 0 Å². The van der Waals surface area contributed by atoms with Crippen LogP contribution in [-0.2, 0) is 11.3 Å². The van der Waals surface area contributed by atoms with Gasteiger partial charge in [-0.1, -0.05) is 71.4 Å². The van der Waals surface area contributed by atoms with Gasteiger partial charge in [-0.2, -0.15) is 5.10 Å². The molecule has 190 valence electrons. The Morgan fingerprint density at radius 3 is 2.62 bits per heavy atom. The van der Waals surface area contributed by atoms with Crippen LogP contribution in [0.25, 0.3) is 5.69 Å². The van der Waals surface area contributed by atoms with E-state index < -0.39 is 5.25 Å². The van der Waals surface area contributed by atoms with Crippen molar-refractivity contribution in [2.24, 2.45) is 5.10 Å². The first-order valence-electron chi connectivity index (χ1n) is 11.3. The fourth-order valence-electron chi connectivity index (χ4n) is 3.37. The summed E-state index contributed by atoms with van der Waals surface area (Å²) in [5.41, 5.74) is 4.92. The number of ether oxygens (including phenoxy) is 1. The minimum atomic E-state index is -0.500. The molecule has 0 bridgehead atoms. The number of hydrazone groups is 1. The number of thioether (sulfide) groups is 1. The summed E-state index contributed by atoms with van der Waals surface area (Å²) in [4.78, 5) is 12.7. The molecule has 0 aliphatic rings. The molecule has 0 fully saturated rings. The van der Waals surface area contributed by atoms with Gasteiger partial charge < -0.3 is 10.1 Å². The summed E-state index contributed by atoms with van der Waals surface area (Å²) in [6.07, 6.45) is 1.47. The van der Waals surface area contributed by atoms with Gasteiger partial charge in [-0.3, -0.25) is 9.36 Å². The number of hydrogen-bond donors (Lipinski definition) is 2. The van der Waals surface area contributed by atoms with Crippen LogP contribution in [0.5, 0.6) is 5.75 Å². The van der Waals surface area contributed by atoms with Gasteiger partial charge in [-0.25, -0.2) is 5.43 Å². The molecule has 37 heavy (non-hydrogen) atoms. The van der Waals surface area contributed by atoms with Crippen LogP contribution >= 0.6 is 35.0 Å². The van der Waals surface area contributed by atoms with E-state index in [2.05, 4.69) is 26.0 Å². The standard InChI is InChI=1S/C26H24Cl2N6O2S/c1-17(25(35)32-30-15-18-12-13-19(27)14-21(18)28)37-26-33-31-24(34(26)20-8-4-3-5-9-20)16-29-22-10-6-7-11-23(22)36-2/h3-15,17,29H,16H2,1-2H3,(H,32,35)/b30-15-/t17-/m1/s1. The first-order chi connectivity index (χ1) is 18.0. The zero-order valence-corrected chi connectivity index (χ0v) is 22.4. The molecule has 1 heterocycles. The second-order valence-electron chi connectivity index (χ2n) is 7.78. The van der Waals surface area contributed by atoms with E-state index in [0.29, 0.717) is 33.1 Å². The third-order valence-corrected chi connectivity index (χ3v) is 6.86. The highest BCUT2D eigenvalue weighted by atomic mass is 35.5. The lowest BCUT2D eigenvalue weighted by Crippen LogP contribution is -2.27. The highest BCUT2D eigenvalue weighted by Crippen LogP contribution is 2.28. The summed E-state index contributed by atoms with van der Waals surface area (Å²) < 4.78 is 7.35. The van der Waals surface area contributed by atoms with Gasteiger partial charge >= 0.3 is 0 Å². The molecule has 0 saturated carbocycles. The number of nitrogens with zero attached hydrogens (tertiary/aromatic N) is 4. The molecular weight excluding hydrogens is 531 g/mol. The molecule has 0 unspecified atom stereocenters. The highest BCUT2D eigenvalue weighted by molar-refractivity contribution is 8.00. The van der Waals surface area contributed by atoms with Crippen LogP contribution in [0.15, 0.2) is 83.1 Å². The van der Waals surface area contributed by atoms with E-state index in [9.17, 15) is 4.79 Å². The van der Waals surface area contributed by atoms with Gasteiger partial charge in [0.05, 0.1) is 35.8 Å². The van der Waals surface area contributed by atoms with Crippen molar-refractivity contribution in [3.8, 4) is 11.4 Å². The van der Waals surface area contributed by atoms with Gasteiger partial charge in [0.2, 0.25) is 0 Å². The van der Waals surface area contributed by atoms with Gasteiger partial charge in [0.15, 0.2) is 11.0 Å². The minimum absolute atomic E-state index is 0.289. The molecule has 8 nitrogen and oxygen atoms in total. The van der Waals surface area contributed by atoms with Crippen molar-refractivity contribution < 1.29 is 9.53 Å². The van der Waals surface area contributed by atoms with Crippen LogP contribution in [0.1, 0.15) is 18.3 Å². The topological polar surface area (TPSA) is 93.4 Å². The predicted octanol–water partition coefficient (Wildman–Crippen LogP) is 5.83. The third kappa shape index (κ3) is 6.82. The Hall–Kier alpha value is -3.53. The fourth-order valence-corrected chi connectivity index (χ4v) is 4.70. The van der Waals surface area contributed by atoms with E-state index in [-0.39, 0.29) is 5.91 Å². The second kappa shape index (κ2) is 12.6. The number of methoxy groups -OCH3 is 1. The molecule has 4 aromatic rings. The maximum atomic E-state index is 12.7. The monoisotopic (exact) mass is 554 g/mol. The summed E-state index contributed by atoms with van der Waals surface area (Å²) in [5, 5.41) is 17.2. The summed E-state index contributed by atoms with van der Waals surface area (Å²) in [5.74, 6) is 1.12. The van der Waals surface area contributed by atoms with Crippen molar-refractivity contribution in [1.82, 2.24) is 20.2 Å². The predicted molar refractivity (Wildman–Crippen MR) is 149 cm³/mol. The average Bonchev–Trinajstić information content (AvgIpc) is 3.31. The van der Waals surface area contributed by atoms with Crippen LogP contribution in [0.3, 0.4) is 0 Å². The van der Waals surface area contributed by atoms with Crippen LogP contribution in [0.2, 0.25) is 10.0 Å². The Balaban J connectivity index is 1.48. The number of amides is 1. The van der Waals surface area contributed by atoms with Crippen LogP contribution in [0.4, 0.5) is 5.69 Å². The summed E-state index contributed by atoms with van der Waals surface area (Å²) in [6.45, 7) is 2.18. The summed E-state index contributed by atoms with van der Waals surface area (Å²) in [7, 11) is 1.63. The number of aromatic nitrogens is 3. The normalized spacial score (nSPS) is 11.9. The Labute approximate surface area is 229 Å². The molecule has 0 aliphatic heterocycles. The zero-order valence-electron chi connectivity index (χ0n) is 20.1. The van der Waals surface area contributed by atoms with E-state index >= 15 is 0 Å². The SMILES string of the molecule is COc1ccccc1NCc1nnc(S[C@H](C)C(=O)N/N=C\c2ccc(Cl)cc2Cl)n1-c1ccccc1. The molecule has 1 aromatic heterocycles. The van der Waals surface area contributed by atoms with Gasteiger partial charge in [0.1, 0.15) is 5.75 Å². The number of carbonyl (C=O) groups is 1. The highest BCUT2D eigenvalue weighted by Gasteiger charge is 2.21. The van der Waals surface area contributed by atoms with Crippen molar-refractivity contribution in [1.29, 1.82) is 0 Å². The number of halogens is 2. The number of para-hydroxylation sites is 3. The Morgan fingerprint density at radius 2 is 1.86 bits per heavy atom. The van der Waals surface area contributed by atoms with Crippen LogP contribution < -0.4 is 15.5 Å². The number of rotatable bonds is 10. The number of anilines is 1. The van der Waals surface area contributed by atoms with E-state index in [1.165, 1.54) is 18.0 Å². The van der Waals surface area contributed by atoms with Crippen LogP contribution in [0, 0.1) is 0 Å². The second-order valence-corrected chi connectivity index (χ2v) is 9.94. The van der Waals surface area contributed by atoms with E-state index in [1.807, 2.05) is 59.2 Å². The molecule has 11 heteroatoms. The quantitative estimate of drug-likeness (QED) is 0.145. The lowest BCUT2D eigenvalue weighted by atomic mass is 10.2. The Kier molecular flexibility index (Phi) is 9.05. The molecule has 1 amide bonds. The fraction of sp³-hybridized carbons (Fsp3) is 0.154. The number of carbonyl (C=O) groups excluding carboxylic acids is 1. The zero-order chi connectivity index (χ0) is 26.2. The summed E-state index contributed by atoms with van der Waals surface area (Å²) in [6, 6.07) is 22.4. The molecule has 1 atom stereocenters. The molecule has 0 radical (unpaired) electrons. The van der Waals surface area contributed by atoms with Crippen molar-refractivity contribution in [3.05, 3.63) is 94.2 Å². The lowest BCUT2D eigenvalue weighted by molar-refractivity contribution is -0.120. The largest absolute Gasteiger partial charge is 0.495 e. The number of hydrogen-bond acceptors (Lipinski definition) is 7. The Morgan fingerprint density at radius 1 is 1.11 bits per heavy atom. The smallest absolute Gasteiger partial charge is 0.253 e. The maximum absolute atomic E-state index is 12.7. The number of benzene rings is 3. The Bertz CT molecular complexity index is 1400. The first-order valence-corrected chi connectivity index (χ1v) is 12.9. The molecule has 0 saturated heterocycles. The van der Waals surface area contributed by atoms with E-state index in [4.69, 9.17) is 27.9 Å². The lowest BCUT2D eigenvalue weighted by Gasteiger charge is -2.14. The molecule has 0 aliphatic carbocycles. The third-order valence-electron chi connectivity index (χ3n) is 5.25. The average molecular weight is 555 g/mol. The van der Waals surface area contributed by atoms with Gasteiger partial charge in [0, 0.05) is 16.3 Å². The maximum Gasteiger partial charge on any atom is 0.253 e. The molecule has 0 spiro atoms. The summed E-state index contributed by atoms with van der Waals surface area (Å²) >= 11 is 13.4. The molecular formula is C26H24Cl2N6O2S. The van der Waals surface area contributed by atoms with Crippen LogP contribution in [-0.4, -0.2) is 39.2 Å². The van der Waals surface area contributed by atoms with E-state index in [1.54, 1.807) is 32.2 Å². The van der Waals surface area contributed by atoms with E-state index in [0.717, 1.165) is 17.1 Å². The van der Waals surface area contributed by atoms with Gasteiger partial charge in [-0.15, -0.1) is 10.2 Å². The number of nitrogens with one attached hydrogen (secondary N) is 2. The van der Waals surface area contributed by atoms with Gasteiger partial charge in [0.25, 0.3) is 5.91 Å². The van der Waals surface area contributed by atoms with Gasteiger partial charge in [-0.05, 0) is 43.3 Å². The minimum Gasteiger partial charge on any atom is -0.495 e. The first kappa shape index (κ1) is 26.5. The van der Waals surface area contributed by atoms with Crippen molar-refractivity contribution in [2.45, 2.75) is 23.9 Å². The molecule has 4 rings (SSSR count). The molecule has 3 aromatic carbocycles. The molecule has 2 N–H and O–H groups in total. The van der Waals surface area contributed by atoms with Crippen molar-refractivity contribution >= 4 is 52.8 Å².